The van der Waals surface area contributed by atoms with Gasteiger partial charge in [-0.15, -0.1) is 0 Å². The zero-order valence-corrected chi connectivity index (χ0v) is 39.8. The SMILES string of the molecule is O=S(=O)(O)c1cccc(C2=CC3=CC4=NC(=CC5=NC(=CC6=NC(=C(c7cccc(S(=O)(=O)O)c7Cl)C2=N3)C(c2cccc(S(=O)(=O)O)c2Cl)=C6c2cccc(S(=O)(=O)O)c2Cl)C=C5)C=C4)c1Cl. The molecule has 0 amide bonds. The largest absolute Gasteiger partial charge is 0.296 e. The predicted octanol–water partition coefficient (Wildman–Crippen LogP) is 9.29. The lowest BCUT2D eigenvalue weighted by Gasteiger charge is -2.20. The van der Waals surface area contributed by atoms with E-state index in [2.05, 4.69) is 4.99 Å². The van der Waals surface area contributed by atoms with Gasteiger partial charge in [0.15, 0.2) is 0 Å². The highest BCUT2D eigenvalue weighted by Crippen LogP contribution is 2.51. The maximum absolute atomic E-state index is 12.9. The van der Waals surface area contributed by atoms with Crippen molar-refractivity contribution in [3.05, 3.63) is 187 Å². The second-order valence-electron chi connectivity index (χ2n) is 14.8. The Hall–Kier alpha value is -5.72. The normalized spacial score (nSPS) is 17.2. The highest BCUT2D eigenvalue weighted by molar-refractivity contribution is 7.86. The fourth-order valence-corrected chi connectivity index (χ4v) is 12.2. The Morgan fingerprint density at radius 1 is 0.382 bits per heavy atom. The number of hydrogen-bond donors (Lipinski definition) is 4. The van der Waals surface area contributed by atoms with E-state index in [-0.39, 0.29) is 73.1 Å². The third-order valence-electron chi connectivity index (χ3n) is 10.5. The molecular weight excluding hydrogens is 1050 g/mol. The Morgan fingerprint density at radius 2 is 0.765 bits per heavy atom. The van der Waals surface area contributed by atoms with E-state index < -0.39 is 80.1 Å². The summed E-state index contributed by atoms with van der Waals surface area (Å²) in [6.45, 7) is 0. The molecule has 344 valence electrons. The highest BCUT2D eigenvalue weighted by Gasteiger charge is 2.38. The van der Waals surface area contributed by atoms with Crippen LogP contribution in [-0.2, 0) is 40.5 Å². The molecule has 0 saturated carbocycles. The molecule has 5 aliphatic heterocycles. The smallest absolute Gasteiger partial charge is 0.282 e. The van der Waals surface area contributed by atoms with Gasteiger partial charge in [-0.25, -0.2) is 20.0 Å². The molecule has 24 heteroatoms. The number of allylic oxidation sites excluding steroid dienone is 12. The quantitative estimate of drug-likeness (QED) is 0.120. The van der Waals surface area contributed by atoms with Crippen LogP contribution in [0.15, 0.2) is 184 Å². The number of aliphatic imine (C=N–C) groups is 4. The molecule has 16 nitrogen and oxygen atoms in total. The summed E-state index contributed by atoms with van der Waals surface area (Å²) >= 11 is 27.6. The molecule has 4 aromatic carbocycles. The lowest BCUT2D eigenvalue weighted by molar-refractivity contribution is 0.481. The molecule has 5 heterocycles. The van der Waals surface area contributed by atoms with Crippen molar-refractivity contribution in [2.24, 2.45) is 20.0 Å². The van der Waals surface area contributed by atoms with Crippen molar-refractivity contribution in [2.45, 2.75) is 19.6 Å². The molecule has 0 spiro atoms. The Labute approximate surface area is 407 Å². The van der Waals surface area contributed by atoms with Crippen molar-refractivity contribution in [3.8, 4) is 0 Å². The Kier molecular flexibility index (Phi) is 11.9. The van der Waals surface area contributed by atoms with E-state index in [1.165, 1.54) is 66.8 Å². The molecule has 8 bridgehead atoms. The van der Waals surface area contributed by atoms with E-state index in [1.807, 2.05) is 0 Å². The minimum Gasteiger partial charge on any atom is -0.282 e. The average molecular weight is 1070 g/mol. The molecule has 5 aliphatic rings. The molecule has 4 N–H and O–H groups in total. The Balaban J connectivity index is 1.55. The Morgan fingerprint density at radius 3 is 1.22 bits per heavy atom. The van der Waals surface area contributed by atoms with Crippen LogP contribution in [0.4, 0.5) is 0 Å². The van der Waals surface area contributed by atoms with Crippen LogP contribution in [0.25, 0.3) is 22.3 Å². The first-order valence-corrected chi connectivity index (χ1v) is 26.3. The van der Waals surface area contributed by atoms with Crippen molar-refractivity contribution < 1.29 is 51.9 Å². The molecule has 0 atom stereocenters. The molecule has 68 heavy (non-hydrogen) atoms. The van der Waals surface area contributed by atoms with E-state index in [9.17, 15) is 51.9 Å². The van der Waals surface area contributed by atoms with Crippen molar-refractivity contribution in [2.75, 3.05) is 0 Å². The third kappa shape index (κ3) is 8.67. The van der Waals surface area contributed by atoms with Gasteiger partial charge in [-0.3, -0.25) is 18.2 Å². The lowest BCUT2D eigenvalue weighted by atomic mass is 9.85. The number of hydrogen-bond acceptors (Lipinski definition) is 12. The van der Waals surface area contributed by atoms with Crippen molar-refractivity contribution in [3.63, 3.8) is 0 Å². The van der Waals surface area contributed by atoms with Gasteiger partial charge in [0.1, 0.15) is 19.6 Å². The minimum absolute atomic E-state index is 0.00938. The van der Waals surface area contributed by atoms with Crippen LogP contribution >= 0.6 is 46.4 Å². The van der Waals surface area contributed by atoms with E-state index >= 15 is 0 Å². The number of nitrogens with zero attached hydrogens (tertiary/aromatic N) is 4. The third-order valence-corrected chi connectivity index (χ3v) is 16.2. The van der Waals surface area contributed by atoms with Crippen LogP contribution in [0.3, 0.4) is 0 Å². The van der Waals surface area contributed by atoms with Crippen LogP contribution in [0, 0.1) is 0 Å². The topological polar surface area (TPSA) is 267 Å². The zero-order valence-electron chi connectivity index (χ0n) is 33.5. The van der Waals surface area contributed by atoms with Crippen LogP contribution in [0.1, 0.15) is 22.3 Å². The summed E-state index contributed by atoms with van der Waals surface area (Å²) in [5, 5.41) is -2.30. The molecule has 0 fully saturated rings. The van der Waals surface area contributed by atoms with Gasteiger partial charge >= 0.3 is 0 Å². The summed E-state index contributed by atoms with van der Waals surface area (Å²) in [7, 11) is -20.2. The standard InChI is InChI=1S/C44H24Cl4N4O12S4/c45-39-26(5-1-9-32(39)65(53,54)55)30-19-25-18-23-14-13-21(49-23)17-22-15-16-24(50-22)20-31-36(27-6-2-10-33(40(27)46)66(56,57)58)37(28-7-3-11-34(41(28)47)67(59,60)61)44(52-31)38(43(30)51-25)29-8-4-12-35(42(29)48)68(62,63)64/h1-20H,(H,53,54,55)(H,56,57,58)(H,59,60,61)(H,62,63,64). The summed E-state index contributed by atoms with van der Waals surface area (Å²) in [6.07, 6.45) is 12.7. The van der Waals surface area contributed by atoms with E-state index in [0.717, 1.165) is 24.3 Å². The fraction of sp³-hybridized carbons (Fsp3) is 0. The fourth-order valence-electron chi connectivity index (χ4n) is 7.75. The van der Waals surface area contributed by atoms with Crippen LogP contribution in [-0.4, -0.2) is 74.7 Å². The molecule has 0 saturated heterocycles. The van der Waals surface area contributed by atoms with Gasteiger partial charge in [0.2, 0.25) is 0 Å². The van der Waals surface area contributed by atoms with Gasteiger partial charge in [0.05, 0.1) is 65.7 Å². The summed E-state index contributed by atoms with van der Waals surface area (Å²) in [6, 6.07) is 14.4. The molecule has 0 unspecified atom stereocenters. The molecule has 0 aliphatic carbocycles. The molecular formula is C44H24Cl4N4O12S4. The molecule has 4 aromatic rings. The van der Waals surface area contributed by atoms with Gasteiger partial charge in [0, 0.05) is 44.5 Å². The first-order chi connectivity index (χ1) is 31.9. The number of fused-ring (bicyclic) bond motifs is 4. The van der Waals surface area contributed by atoms with Gasteiger partial charge in [-0.05, 0) is 72.9 Å². The zero-order chi connectivity index (χ0) is 48.8. The highest BCUT2D eigenvalue weighted by atomic mass is 35.5. The maximum atomic E-state index is 12.9. The first kappa shape index (κ1) is 47.4. The van der Waals surface area contributed by atoms with Gasteiger partial charge in [0.25, 0.3) is 40.5 Å². The summed E-state index contributed by atoms with van der Waals surface area (Å²) in [4.78, 5) is 16.3. The Bertz CT molecular complexity index is 3940. The number of benzene rings is 4. The lowest BCUT2D eigenvalue weighted by Crippen LogP contribution is -2.10. The summed E-state index contributed by atoms with van der Waals surface area (Å²) in [5.74, 6) is 0. The van der Waals surface area contributed by atoms with Crippen LogP contribution in [0.2, 0.25) is 20.1 Å². The number of halogens is 4. The monoisotopic (exact) mass is 1070 g/mol. The second-order valence-corrected chi connectivity index (χ2v) is 21.9. The van der Waals surface area contributed by atoms with Crippen LogP contribution < -0.4 is 0 Å². The molecule has 0 aromatic heterocycles. The molecule has 9 rings (SSSR count). The van der Waals surface area contributed by atoms with Crippen molar-refractivity contribution in [1.29, 1.82) is 0 Å². The van der Waals surface area contributed by atoms with Gasteiger partial charge < -0.3 is 0 Å². The van der Waals surface area contributed by atoms with Crippen molar-refractivity contribution in [1.82, 2.24) is 0 Å². The second kappa shape index (κ2) is 17.1. The van der Waals surface area contributed by atoms with E-state index in [4.69, 9.17) is 61.4 Å². The van der Waals surface area contributed by atoms with Gasteiger partial charge in [-0.1, -0.05) is 94.9 Å². The summed E-state index contributed by atoms with van der Waals surface area (Å²) in [5.41, 5.74) is -0.293. The van der Waals surface area contributed by atoms with Crippen LogP contribution in [0.5, 0.6) is 0 Å². The first-order valence-electron chi connectivity index (χ1n) is 19.0. The summed E-state index contributed by atoms with van der Waals surface area (Å²) < 4.78 is 144. The van der Waals surface area contributed by atoms with E-state index in [0.29, 0.717) is 17.1 Å². The van der Waals surface area contributed by atoms with E-state index in [1.54, 1.807) is 30.4 Å². The predicted molar refractivity (Wildman–Crippen MR) is 259 cm³/mol. The molecule has 0 radical (unpaired) electrons. The number of rotatable bonds is 8. The van der Waals surface area contributed by atoms with Crippen molar-refractivity contribution >= 4 is 132 Å². The average Bonchev–Trinajstić information content (AvgIpc) is 4.05. The minimum atomic E-state index is -5.12. The van der Waals surface area contributed by atoms with Gasteiger partial charge in [-0.2, -0.15) is 33.7 Å². The maximum Gasteiger partial charge on any atom is 0.296 e.